The fraction of sp³-hybridized carbons (Fsp3) is 0.353. The van der Waals surface area contributed by atoms with Gasteiger partial charge in [0.2, 0.25) is 0 Å². The number of methoxy groups -OCH3 is 2. The summed E-state index contributed by atoms with van der Waals surface area (Å²) >= 11 is 0. The fourth-order valence-electron chi connectivity index (χ4n) is 2.83. The van der Waals surface area contributed by atoms with E-state index in [-0.39, 0.29) is 17.7 Å². The second-order valence-corrected chi connectivity index (χ2v) is 5.29. The highest BCUT2D eigenvalue weighted by Gasteiger charge is 2.24. The Kier molecular flexibility index (Phi) is 4.24. The van der Waals surface area contributed by atoms with Crippen LogP contribution in [0.2, 0.25) is 0 Å². The number of aryl methyl sites for hydroxylation is 1. The van der Waals surface area contributed by atoms with E-state index in [2.05, 4.69) is 4.98 Å². The lowest BCUT2D eigenvalue weighted by atomic mass is 9.99. The van der Waals surface area contributed by atoms with E-state index in [9.17, 15) is 9.59 Å². The molecule has 24 heavy (non-hydrogen) atoms. The highest BCUT2D eigenvalue weighted by atomic mass is 16.5. The molecule has 1 aromatic carbocycles. The molecule has 2 heterocycles. The number of aromatic nitrogens is 2. The van der Waals surface area contributed by atoms with Crippen LogP contribution in [0, 0.1) is 0 Å². The van der Waals surface area contributed by atoms with Gasteiger partial charge in [-0.1, -0.05) is 0 Å². The molecule has 126 valence electrons. The van der Waals surface area contributed by atoms with E-state index in [1.807, 2.05) is 6.07 Å². The normalized spacial score (nSPS) is 12.1. The molecule has 0 unspecified atom stereocenters. The van der Waals surface area contributed by atoms with Gasteiger partial charge in [-0.25, -0.2) is 9.78 Å². The van der Waals surface area contributed by atoms with Crippen LogP contribution in [0.3, 0.4) is 0 Å². The van der Waals surface area contributed by atoms with Crippen LogP contribution in [0.1, 0.15) is 22.8 Å². The molecule has 0 fully saturated rings. The van der Waals surface area contributed by atoms with E-state index in [0.29, 0.717) is 30.3 Å². The third-order valence-corrected chi connectivity index (χ3v) is 4.00. The van der Waals surface area contributed by atoms with Crippen molar-refractivity contribution in [3.8, 4) is 22.9 Å². The SMILES string of the molecule is CCOC(=O)c1cnc2n(c1=O)CCc1cc(OC)c(OC)cc1-2. The number of esters is 1. The Morgan fingerprint density at radius 1 is 1.25 bits per heavy atom. The molecule has 1 aromatic heterocycles. The van der Waals surface area contributed by atoms with Crippen LogP contribution in [0.4, 0.5) is 0 Å². The maximum absolute atomic E-state index is 12.6. The average Bonchev–Trinajstić information content (AvgIpc) is 2.60. The Balaban J connectivity index is 2.15. The minimum atomic E-state index is -0.650. The van der Waals surface area contributed by atoms with Crippen LogP contribution in [0.25, 0.3) is 11.4 Å². The third kappa shape index (κ3) is 2.51. The lowest BCUT2D eigenvalue weighted by Crippen LogP contribution is -2.32. The van der Waals surface area contributed by atoms with Crippen LogP contribution in [0.5, 0.6) is 11.5 Å². The first-order valence-electron chi connectivity index (χ1n) is 7.63. The number of benzene rings is 1. The predicted octanol–water partition coefficient (Wildman–Crippen LogP) is 1.66. The average molecular weight is 330 g/mol. The van der Waals surface area contributed by atoms with E-state index in [1.165, 1.54) is 10.8 Å². The van der Waals surface area contributed by atoms with Crippen LogP contribution in [0.15, 0.2) is 23.1 Å². The lowest BCUT2D eigenvalue weighted by Gasteiger charge is -2.22. The van der Waals surface area contributed by atoms with Gasteiger partial charge >= 0.3 is 5.97 Å². The number of carbonyl (C=O) groups is 1. The van der Waals surface area contributed by atoms with Crippen molar-refractivity contribution in [1.82, 2.24) is 9.55 Å². The summed E-state index contributed by atoms with van der Waals surface area (Å²) in [5.74, 6) is 1.06. The second-order valence-electron chi connectivity index (χ2n) is 5.29. The quantitative estimate of drug-likeness (QED) is 0.793. The van der Waals surface area contributed by atoms with E-state index >= 15 is 0 Å². The first-order valence-corrected chi connectivity index (χ1v) is 7.63. The van der Waals surface area contributed by atoms with Gasteiger partial charge in [-0.05, 0) is 31.0 Å². The predicted molar refractivity (Wildman–Crippen MR) is 86.7 cm³/mol. The van der Waals surface area contributed by atoms with E-state index < -0.39 is 5.97 Å². The van der Waals surface area contributed by atoms with E-state index in [0.717, 1.165) is 11.1 Å². The van der Waals surface area contributed by atoms with E-state index in [1.54, 1.807) is 27.2 Å². The number of hydrogen-bond acceptors (Lipinski definition) is 6. The van der Waals surface area contributed by atoms with Crippen molar-refractivity contribution in [3.63, 3.8) is 0 Å². The van der Waals surface area contributed by atoms with Gasteiger partial charge in [-0.3, -0.25) is 9.36 Å². The highest BCUT2D eigenvalue weighted by molar-refractivity contribution is 5.89. The minimum Gasteiger partial charge on any atom is -0.493 e. The highest BCUT2D eigenvalue weighted by Crippen LogP contribution is 2.37. The zero-order valence-electron chi connectivity index (χ0n) is 13.8. The molecular formula is C17H18N2O5. The maximum atomic E-state index is 12.6. The molecule has 2 aromatic rings. The molecule has 0 saturated carbocycles. The topological polar surface area (TPSA) is 79.7 Å². The first kappa shape index (κ1) is 16.0. The standard InChI is InChI=1S/C17H18N2O5/c1-4-24-17(21)12-9-18-15-11-8-14(23-3)13(22-2)7-10(11)5-6-19(15)16(12)20/h7-9H,4-6H2,1-3H3. The number of ether oxygens (including phenoxy) is 3. The Bertz CT molecular complexity index is 857. The van der Waals surface area contributed by atoms with Crippen molar-refractivity contribution < 1.29 is 19.0 Å². The summed E-state index contributed by atoms with van der Waals surface area (Å²) in [5.41, 5.74) is 1.37. The summed E-state index contributed by atoms with van der Waals surface area (Å²) in [5, 5.41) is 0. The summed E-state index contributed by atoms with van der Waals surface area (Å²) in [6.45, 7) is 2.34. The van der Waals surface area contributed by atoms with Crippen molar-refractivity contribution >= 4 is 5.97 Å². The molecule has 0 bridgehead atoms. The molecule has 0 N–H and O–H groups in total. The number of rotatable bonds is 4. The molecule has 1 aliphatic rings. The largest absolute Gasteiger partial charge is 0.493 e. The van der Waals surface area contributed by atoms with Gasteiger partial charge in [0.15, 0.2) is 11.5 Å². The molecule has 0 atom stereocenters. The molecule has 0 aliphatic carbocycles. The maximum Gasteiger partial charge on any atom is 0.345 e. The third-order valence-electron chi connectivity index (χ3n) is 4.00. The summed E-state index contributed by atoms with van der Waals surface area (Å²) in [4.78, 5) is 28.8. The fourth-order valence-corrected chi connectivity index (χ4v) is 2.83. The molecular weight excluding hydrogens is 312 g/mol. The number of fused-ring (bicyclic) bond motifs is 3. The molecule has 0 saturated heterocycles. The van der Waals surface area contributed by atoms with Crippen molar-refractivity contribution in [2.75, 3.05) is 20.8 Å². The van der Waals surface area contributed by atoms with Gasteiger partial charge in [0.05, 0.1) is 20.8 Å². The summed E-state index contributed by atoms with van der Waals surface area (Å²) in [6.07, 6.45) is 1.91. The van der Waals surface area contributed by atoms with Crippen LogP contribution in [-0.2, 0) is 17.7 Å². The monoisotopic (exact) mass is 330 g/mol. The Morgan fingerprint density at radius 3 is 2.62 bits per heavy atom. The molecule has 0 amide bonds. The number of nitrogens with zero attached hydrogens (tertiary/aromatic N) is 2. The van der Waals surface area contributed by atoms with Gasteiger partial charge in [0, 0.05) is 18.3 Å². The van der Waals surface area contributed by atoms with Crippen LogP contribution in [-0.4, -0.2) is 36.3 Å². The molecule has 0 spiro atoms. The Morgan fingerprint density at radius 2 is 1.96 bits per heavy atom. The zero-order valence-corrected chi connectivity index (χ0v) is 13.8. The van der Waals surface area contributed by atoms with Crippen molar-refractivity contribution in [1.29, 1.82) is 0 Å². The molecule has 3 rings (SSSR count). The van der Waals surface area contributed by atoms with Gasteiger partial charge < -0.3 is 14.2 Å². The molecule has 0 radical (unpaired) electrons. The summed E-state index contributed by atoms with van der Waals surface area (Å²) in [6, 6.07) is 3.69. The Hall–Kier alpha value is -2.83. The van der Waals surface area contributed by atoms with Gasteiger partial charge in [-0.15, -0.1) is 0 Å². The van der Waals surface area contributed by atoms with Crippen LogP contribution >= 0.6 is 0 Å². The number of carbonyl (C=O) groups excluding carboxylic acids is 1. The first-order chi connectivity index (χ1) is 11.6. The van der Waals surface area contributed by atoms with Gasteiger partial charge in [0.1, 0.15) is 11.4 Å². The van der Waals surface area contributed by atoms with E-state index in [4.69, 9.17) is 14.2 Å². The van der Waals surface area contributed by atoms with Crippen molar-refractivity contribution in [3.05, 3.63) is 39.8 Å². The Labute approximate surface area is 138 Å². The lowest BCUT2D eigenvalue weighted by molar-refractivity contribution is 0.0523. The summed E-state index contributed by atoms with van der Waals surface area (Å²) in [7, 11) is 3.13. The van der Waals surface area contributed by atoms with Crippen LogP contribution < -0.4 is 15.0 Å². The zero-order chi connectivity index (χ0) is 17.3. The van der Waals surface area contributed by atoms with Crippen molar-refractivity contribution in [2.24, 2.45) is 0 Å². The van der Waals surface area contributed by atoms with Gasteiger partial charge in [0.25, 0.3) is 5.56 Å². The minimum absolute atomic E-state index is 0.0514. The van der Waals surface area contributed by atoms with Crippen molar-refractivity contribution in [2.45, 2.75) is 19.9 Å². The van der Waals surface area contributed by atoms with Gasteiger partial charge in [-0.2, -0.15) is 0 Å². The second kappa shape index (κ2) is 6.35. The molecule has 1 aliphatic heterocycles. The smallest absolute Gasteiger partial charge is 0.345 e. The molecule has 7 heteroatoms. The molecule has 7 nitrogen and oxygen atoms in total. The summed E-state index contributed by atoms with van der Waals surface area (Å²) < 4.78 is 17.1. The number of hydrogen-bond donors (Lipinski definition) is 0.